The van der Waals surface area contributed by atoms with Gasteiger partial charge in [0.2, 0.25) is 0 Å². The highest BCUT2D eigenvalue weighted by Crippen LogP contribution is 2.40. The van der Waals surface area contributed by atoms with Gasteiger partial charge in [0.15, 0.2) is 37.2 Å². The average Bonchev–Trinajstić information content (AvgIpc) is 3.42. The van der Waals surface area contributed by atoms with Crippen molar-refractivity contribution in [1.29, 1.82) is 0 Å². The molecule has 6 aromatic rings. The fourth-order valence-electron chi connectivity index (χ4n) is 8.41. The number of hydrogen-bond acceptors (Lipinski definition) is 15. The highest BCUT2D eigenvalue weighted by atomic mass is 16.8. The Balaban J connectivity index is 1.13. The van der Waals surface area contributed by atoms with Crippen LogP contribution in [0.2, 0.25) is 0 Å². The summed E-state index contributed by atoms with van der Waals surface area (Å²) < 4.78 is 70.5. The monoisotopic (exact) mass is 950 g/mol. The summed E-state index contributed by atoms with van der Waals surface area (Å²) in [5.74, 6) is -3.29. The van der Waals surface area contributed by atoms with Gasteiger partial charge in [0, 0.05) is 12.7 Å². The van der Waals surface area contributed by atoms with Crippen molar-refractivity contribution in [2.24, 2.45) is 0 Å². The molecule has 15 heteroatoms. The Labute approximate surface area is 404 Å². The summed E-state index contributed by atoms with van der Waals surface area (Å²) in [6, 6.07) is 51.5. The molecule has 3 saturated heterocycles. The van der Waals surface area contributed by atoms with Crippen LogP contribution < -0.4 is 0 Å². The number of carbonyl (C=O) groups excluding carboxylic acids is 4. The Kier molecular flexibility index (Phi) is 15.8. The van der Waals surface area contributed by atoms with Crippen molar-refractivity contribution >= 4 is 23.9 Å². The molecule has 1 unspecified atom stereocenters. The molecule has 3 aliphatic rings. The molecule has 3 heterocycles. The van der Waals surface area contributed by atoms with Crippen LogP contribution in [0, 0.1) is 0 Å². The molecule has 0 bridgehead atoms. The predicted molar refractivity (Wildman–Crippen MR) is 248 cm³/mol. The van der Waals surface area contributed by atoms with E-state index in [0.29, 0.717) is 0 Å². The molecule has 3 aliphatic heterocycles. The van der Waals surface area contributed by atoms with Gasteiger partial charge in [-0.2, -0.15) is 0 Å². The summed E-state index contributed by atoms with van der Waals surface area (Å²) in [5, 5.41) is 0. The summed E-state index contributed by atoms with van der Waals surface area (Å²) in [6.45, 7) is -0.373. The SMILES string of the molecule is CO[C@H]1O[C@@H]2COC(c3ccccc3)O[C@H]2[C@H](OCc2ccccc2)[C@H]1O[C@@H]1O[C@H](COC(=O)c2ccccc2)[C@@H](OC(=O)c2ccccc2)[C@H](OC(=O)c2ccccc2)[C@H]1OC(=O)c1ccccc1. The average molecular weight is 951 g/mol. The molecule has 70 heavy (non-hydrogen) atoms. The molecule has 9 rings (SSSR count). The van der Waals surface area contributed by atoms with Crippen LogP contribution in [-0.2, 0) is 58.7 Å². The second-order valence-corrected chi connectivity index (χ2v) is 16.5. The number of rotatable bonds is 16. The smallest absolute Gasteiger partial charge is 0.338 e. The van der Waals surface area contributed by atoms with Crippen LogP contribution in [0.1, 0.15) is 58.8 Å². The van der Waals surface area contributed by atoms with E-state index in [1.165, 1.54) is 31.4 Å². The van der Waals surface area contributed by atoms with Gasteiger partial charge >= 0.3 is 23.9 Å². The first kappa shape index (κ1) is 48.0. The first-order valence-corrected chi connectivity index (χ1v) is 22.8. The Bertz CT molecular complexity index is 2620. The molecule has 0 amide bonds. The topological polar surface area (TPSA) is 170 Å². The van der Waals surface area contributed by atoms with Gasteiger partial charge in [-0.25, -0.2) is 19.2 Å². The highest BCUT2D eigenvalue weighted by Gasteiger charge is 2.58. The summed E-state index contributed by atoms with van der Waals surface area (Å²) in [7, 11) is 1.43. The van der Waals surface area contributed by atoms with Crippen LogP contribution in [0.25, 0.3) is 0 Å². The maximum absolute atomic E-state index is 14.3. The molecule has 0 radical (unpaired) electrons. The lowest BCUT2D eigenvalue weighted by Crippen LogP contribution is -2.67. The van der Waals surface area contributed by atoms with Crippen molar-refractivity contribution in [2.75, 3.05) is 20.3 Å². The molecule has 6 aromatic carbocycles. The fourth-order valence-corrected chi connectivity index (χ4v) is 8.41. The second-order valence-electron chi connectivity index (χ2n) is 16.5. The van der Waals surface area contributed by atoms with Crippen molar-refractivity contribution in [2.45, 2.75) is 74.3 Å². The van der Waals surface area contributed by atoms with E-state index in [2.05, 4.69) is 0 Å². The van der Waals surface area contributed by atoms with E-state index in [0.717, 1.165) is 11.1 Å². The van der Waals surface area contributed by atoms with Crippen molar-refractivity contribution in [3.63, 3.8) is 0 Å². The summed E-state index contributed by atoms with van der Waals surface area (Å²) in [5.41, 5.74) is 2.23. The molecular weight excluding hydrogens is 901 g/mol. The summed E-state index contributed by atoms with van der Waals surface area (Å²) in [4.78, 5) is 56.3. The van der Waals surface area contributed by atoms with Crippen LogP contribution in [0.3, 0.4) is 0 Å². The van der Waals surface area contributed by atoms with Gasteiger partial charge in [-0.3, -0.25) is 0 Å². The zero-order chi connectivity index (χ0) is 48.2. The number of methoxy groups -OCH3 is 1. The second kappa shape index (κ2) is 23.0. The Morgan fingerprint density at radius 1 is 0.486 bits per heavy atom. The number of carbonyl (C=O) groups is 4. The van der Waals surface area contributed by atoms with E-state index < -0.39 is 98.2 Å². The quantitative estimate of drug-likeness (QED) is 0.0683. The van der Waals surface area contributed by atoms with Crippen molar-refractivity contribution in [3.8, 4) is 0 Å². The number of benzene rings is 6. The van der Waals surface area contributed by atoms with Gasteiger partial charge in [0.25, 0.3) is 0 Å². The van der Waals surface area contributed by atoms with Gasteiger partial charge in [-0.1, -0.05) is 133 Å². The molecule has 0 aliphatic carbocycles. The molecule has 3 fully saturated rings. The number of ether oxygens (including phenoxy) is 11. The first-order valence-electron chi connectivity index (χ1n) is 22.8. The van der Waals surface area contributed by atoms with E-state index in [1.807, 2.05) is 60.7 Å². The van der Waals surface area contributed by atoms with Crippen molar-refractivity contribution in [1.82, 2.24) is 0 Å². The molecule has 15 nitrogen and oxygen atoms in total. The first-order chi connectivity index (χ1) is 34.3. The van der Waals surface area contributed by atoms with Gasteiger partial charge in [0.1, 0.15) is 37.1 Å². The maximum atomic E-state index is 14.3. The molecule has 0 aromatic heterocycles. The Morgan fingerprint density at radius 3 is 1.49 bits per heavy atom. The minimum atomic E-state index is -1.70. The van der Waals surface area contributed by atoms with E-state index in [-0.39, 0.29) is 35.5 Å². The third-order valence-corrected chi connectivity index (χ3v) is 11.9. The summed E-state index contributed by atoms with van der Waals surface area (Å²) in [6.07, 6.45) is -13.9. The van der Waals surface area contributed by atoms with E-state index in [9.17, 15) is 19.2 Å². The standard InChI is InChI=1S/C55H50O15/c1-60-54-47(45(61-32-35-20-8-2-9-21-35)43-42(64-54)34-63-53(69-43)40-30-18-7-19-31-40)70-55-48(68-52(59)39-28-16-6-17-29-39)46(67-51(58)38-26-14-5-15-27-38)44(66-50(57)37-24-12-4-13-25-37)41(65-55)33-62-49(56)36-22-10-3-11-23-36/h2-31,41-48,53-55H,32-34H2,1H3/t41-,42-,43-,44-,45+,46+,47-,48-,53?,54+,55+/m1/s1. The van der Waals surface area contributed by atoms with Crippen molar-refractivity contribution < 1.29 is 71.3 Å². The maximum Gasteiger partial charge on any atom is 0.338 e. The van der Waals surface area contributed by atoms with E-state index >= 15 is 0 Å². The van der Waals surface area contributed by atoms with Crippen LogP contribution in [0.15, 0.2) is 182 Å². The third-order valence-electron chi connectivity index (χ3n) is 11.9. The van der Waals surface area contributed by atoms with Gasteiger partial charge in [-0.05, 0) is 54.1 Å². The largest absolute Gasteiger partial charge is 0.459 e. The molecule has 0 saturated carbocycles. The lowest BCUT2D eigenvalue weighted by Gasteiger charge is -2.51. The lowest BCUT2D eigenvalue weighted by atomic mass is 9.95. The number of esters is 4. The number of hydrogen-bond donors (Lipinski definition) is 0. The minimum Gasteiger partial charge on any atom is -0.459 e. The zero-order valence-electron chi connectivity index (χ0n) is 37.9. The normalized spacial score (nSPS) is 26.2. The predicted octanol–water partition coefficient (Wildman–Crippen LogP) is 7.70. The minimum absolute atomic E-state index is 0.0933. The fraction of sp³-hybridized carbons (Fsp3) is 0.273. The van der Waals surface area contributed by atoms with Crippen LogP contribution >= 0.6 is 0 Å². The van der Waals surface area contributed by atoms with Gasteiger partial charge < -0.3 is 52.1 Å². The highest BCUT2D eigenvalue weighted by molar-refractivity contribution is 5.91. The van der Waals surface area contributed by atoms with Gasteiger partial charge in [0.05, 0.1) is 35.5 Å². The molecule has 0 N–H and O–H groups in total. The molecule has 0 spiro atoms. The molecular formula is C55H50O15. The molecule has 360 valence electrons. The van der Waals surface area contributed by atoms with E-state index in [4.69, 9.17) is 52.1 Å². The van der Waals surface area contributed by atoms with Crippen molar-refractivity contribution in [3.05, 3.63) is 215 Å². The van der Waals surface area contributed by atoms with Crippen LogP contribution in [0.5, 0.6) is 0 Å². The van der Waals surface area contributed by atoms with Crippen LogP contribution in [-0.4, -0.2) is 106 Å². The Hall–Kier alpha value is -7.08. The molecule has 11 atom stereocenters. The lowest BCUT2D eigenvalue weighted by molar-refractivity contribution is -0.394. The summed E-state index contributed by atoms with van der Waals surface area (Å²) >= 11 is 0. The van der Waals surface area contributed by atoms with Crippen LogP contribution in [0.4, 0.5) is 0 Å². The zero-order valence-corrected chi connectivity index (χ0v) is 37.9. The van der Waals surface area contributed by atoms with Gasteiger partial charge in [-0.15, -0.1) is 0 Å². The number of fused-ring (bicyclic) bond motifs is 1. The Morgan fingerprint density at radius 2 is 0.957 bits per heavy atom. The third kappa shape index (κ3) is 11.5. The van der Waals surface area contributed by atoms with E-state index in [1.54, 1.807) is 97.1 Å².